The summed E-state index contributed by atoms with van der Waals surface area (Å²) >= 11 is 0. The molecular weight excluding hydrogens is 316 g/mol. The number of ether oxygens (including phenoxy) is 1. The van der Waals surface area contributed by atoms with E-state index in [4.69, 9.17) is 9.84 Å². The molecule has 0 amide bonds. The van der Waals surface area contributed by atoms with Gasteiger partial charge in [0.1, 0.15) is 0 Å². The van der Waals surface area contributed by atoms with Crippen LogP contribution >= 0.6 is 0 Å². The van der Waals surface area contributed by atoms with Crippen molar-refractivity contribution in [2.24, 2.45) is 7.05 Å². The van der Waals surface area contributed by atoms with Gasteiger partial charge in [0.2, 0.25) is 5.88 Å². The average molecular weight is 344 g/mol. The molecule has 3 heterocycles. The third-order valence-electron chi connectivity index (χ3n) is 4.91. The fraction of sp³-hybridized carbons (Fsp3) is 0.611. The summed E-state index contributed by atoms with van der Waals surface area (Å²) in [6.07, 6.45) is 5.46. The number of anilines is 1. The van der Waals surface area contributed by atoms with Gasteiger partial charge in [-0.25, -0.2) is 0 Å². The Bertz CT molecular complexity index is 706. The molecule has 1 saturated heterocycles. The first-order valence-corrected chi connectivity index (χ1v) is 9.03. The first-order chi connectivity index (χ1) is 12.2. The summed E-state index contributed by atoms with van der Waals surface area (Å²) in [6.45, 7) is 9.30. The van der Waals surface area contributed by atoms with E-state index in [2.05, 4.69) is 45.3 Å². The number of methoxy groups -OCH3 is 1. The lowest BCUT2D eigenvalue weighted by atomic mass is 10.1. The Labute approximate surface area is 149 Å². The number of nitrogens with zero attached hydrogens (tertiary/aromatic N) is 6. The Morgan fingerprint density at radius 3 is 2.48 bits per heavy atom. The summed E-state index contributed by atoms with van der Waals surface area (Å²) in [6, 6.07) is 0. The predicted octanol–water partition coefficient (Wildman–Crippen LogP) is 1.67. The summed E-state index contributed by atoms with van der Waals surface area (Å²) in [5.74, 6) is 1.46. The van der Waals surface area contributed by atoms with Gasteiger partial charge in [0.05, 0.1) is 25.2 Å². The molecule has 136 valence electrons. The van der Waals surface area contributed by atoms with Crippen molar-refractivity contribution in [1.82, 2.24) is 24.6 Å². The van der Waals surface area contributed by atoms with Crippen molar-refractivity contribution in [3.05, 3.63) is 29.3 Å². The average Bonchev–Trinajstić information content (AvgIpc) is 2.96. The van der Waals surface area contributed by atoms with E-state index < -0.39 is 0 Å². The molecule has 0 atom stereocenters. The molecule has 2 aromatic heterocycles. The molecule has 25 heavy (non-hydrogen) atoms. The lowest BCUT2D eigenvalue weighted by molar-refractivity contribution is 0.247. The Balaban J connectivity index is 1.65. The topological polar surface area (TPSA) is 59.3 Å². The lowest BCUT2D eigenvalue weighted by Crippen LogP contribution is -2.46. The number of aryl methyl sites for hydroxylation is 2. The van der Waals surface area contributed by atoms with Crippen LogP contribution in [0.4, 0.5) is 5.82 Å². The molecule has 0 unspecified atom stereocenters. The van der Waals surface area contributed by atoms with Crippen LogP contribution in [-0.2, 0) is 26.4 Å². The highest BCUT2D eigenvalue weighted by atomic mass is 16.5. The first-order valence-electron chi connectivity index (χ1n) is 9.03. The minimum Gasteiger partial charge on any atom is -0.480 e. The monoisotopic (exact) mass is 344 g/mol. The van der Waals surface area contributed by atoms with Gasteiger partial charge in [0.15, 0.2) is 5.82 Å². The molecule has 1 aliphatic heterocycles. The van der Waals surface area contributed by atoms with Crippen LogP contribution < -0.4 is 9.64 Å². The quantitative estimate of drug-likeness (QED) is 0.794. The standard InChI is InChI=1S/C18H28N6O/c1-5-15-14(16(6-2)22(3)21-15)13-23-7-9-24(10-8-23)17-11-19-12-18(20-17)25-4/h11-12H,5-10,13H2,1-4H3. The van der Waals surface area contributed by atoms with Crippen LogP contribution in [0.2, 0.25) is 0 Å². The van der Waals surface area contributed by atoms with Crippen LogP contribution in [0.25, 0.3) is 0 Å². The molecule has 3 rings (SSSR count). The molecule has 0 saturated carbocycles. The van der Waals surface area contributed by atoms with Crippen molar-refractivity contribution in [2.75, 3.05) is 38.2 Å². The molecule has 0 bridgehead atoms. The third kappa shape index (κ3) is 3.76. The molecule has 1 fully saturated rings. The van der Waals surface area contributed by atoms with Gasteiger partial charge >= 0.3 is 0 Å². The molecule has 2 aromatic rings. The molecule has 0 spiro atoms. The fourth-order valence-electron chi connectivity index (χ4n) is 3.52. The van der Waals surface area contributed by atoms with E-state index in [1.807, 2.05) is 6.20 Å². The number of rotatable bonds is 6. The Morgan fingerprint density at radius 1 is 1.08 bits per heavy atom. The molecule has 7 heteroatoms. The molecule has 0 N–H and O–H groups in total. The number of piperazine rings is 1. The zero-order valence-electron chi connectivity index (χ0n) is 15.7. The van der Waals surface area contributed by atoms with E-state index in [9.17, 15) is 0 Å². The number of hydrogen-bond donors (Lipinski definition) is 0. The highest BCUT2D eigenvalue weighted by molar-refractivity contribution is 5.38. The largest absolute Gasteiger partial charge is 0.480 e. The smallest absolute Gasteiger partial charge is 0.233 e. The van der Waals surface area contributed by atoms with Crippen LogP contribution in [0.15, 0.2) is 12.4 Å². The molecule has 0 radical (unpaired) electrons. The van der Waals surface area contributed by atoms with Crippen LogP contribution in [0.3, 0.4) is 0 Å². The molecule has 0 aromatic carbocycles. The minimum atomic E-state index is 0.565. The van der Waals surface area contributed by atoms with Crippen molar-refractivity contribution in [2.45, 2.75) is 33.2 Å². The van der Waals surface area contributed by atoms with Crippen LogP contribution in [0.5, 0.6) is 5.88 Å². The van der Waals surface area contributed by atoms with Crippen molar-refractivity contribution in [1.29, 1.82) is 0 Å². The Morgan fingerprint density at radius 2 is 1.84 bits per heavy atom. The van der Waals surface area contributed by atoms with Gasteiger partial charge in [0, 0.05) is 51.0 Å². The second kappa shape index (κ2) is 7.82. The summed E-state index contributed by atoms with van der Waals surface area (Å²) in [4.78, 5) is 13.5. The van der Waals surface area contributed by atoms with Gasteiger partial charge in [-0.2, -0.15) is 10.1 Å². The molecular formula is C18H28N6O. The van der Waals surface area contributed by atoms with E-state index in [0.29, 0.717) is 5.88 Å². The van der Waals surface area contributed by atoms with Crippen LogP contribution in [0.1, 0.15) is 30.8 Å². The maximum absolute atomic E-state index is 5.18. The van der Waals surface area contributed by atoms with Crippen molar-refractivity contribution in [3.63, 3.8) is 0 Å². The third-order valence-corrected chi connectivity index (χ3v) is 4.91. The van der Waals surface area contributed by atoms with Crippen LogP contribution in [-0.4, -0.2) is 57.9 Å². The lowest BCUT2D eigenvalue weighted by Gasteiger charge is -2.35. The summed E-state index contributed by atoms with van der Waals surface area (Å²) in [7, 11) is 3.68. The SMILES string of the molecule is CCc1nn(C)c(CC)c1CN1CCN(c2cncc(OC)n2)CC1. The van der Waals surface area contributed by atoms with Gasteiger partial charge in [-0.15, -0.1) is 0 Å². The predicted molar refractivity (Wildman–Crippen MR) is 98.0 cm³/mol. The van der Waals surface area contributed by atoms with Crippen molar-refractivity contribution >= 4 is 5.82 Å². The van der Waals surface area contributed by atoms with E-state index >= 15 is 0 Å². The molecule has 1 aliphatic rings. The van der Waals surface area contributed by atoms with Crippen molar-refractivity contribution < 1.29 is 4.74 Å². The fourth-order valence-corrected chi connectivity index (χ4v) is 3.52. The molecule has 7 nitrogen and oxygen atoms in total. The molecule has 0 aliphatic carbocycles. The van der Waals surface area contributed by atoms with Gasteiger partial charge in [-0.1, -0.05) is 13.8 Å². The second-order valence-electron chi connectivity index (χ2n) is 6.39. The second-order valence-corrected chi connectivity index (χ2v) is 6.39. The van der Waals surface area contributed by atoms with Crippen molar-refractivity contribution in [3.8, 4) is 5.88 Å². The maximum atomic E-state index is 5.18. The Hall–Kier alpha value is -2.15. The number of aromatic nitrogens is 4. The zero-order valence-corrected chi connectivity index (χ0v) is 15.7. The van der Waals surface area contributed by atoms with Gasteiger partial charge in [-0.05, 0) is 12.8 Å². The van der Waals surface area contributed by atoms with Gasteiger partial charge in [0.25, 0.3) is 0 Å². The minimum absolute atomic E-state index is 0.565. The van der Waals surface area contributed by atoms with Crippen LogP contribution in [0, 0.1) is 0 Å². The van der Waals surface area contributed by atoms with E-state index in [-0.39, 0.29) is 0 Å². The summed E-state index contributed by atoms with van der Waals surface area (Å²) < 4.78 is 7.23. The highest BCUT2D eigenvalue weighted by Gasteiger charge is 2.22. The number of hydrogen-bond acceptors (Lipinski definition) is 6. The zero-order chi connectivity index (χ0) is 17.8. The van der Waals surface area contributed by atoms with Gasteiger partial charge in [-0.3, -0.25) is 14.6 Å². The maximum Gasteiger partial charge on any atom is 0.233 e. The summed E-state index contributed by atoms with van der Waals surface area (Å²) in [5.41, 5.74) is 4.01. The van der Waals surface area contributed by atoms with Gasteiger partial charge < -0.3 is 9.64 Å². The highest BCUT2D eigenvalue weighted by Crippen LogP contribution is 2.20. The summed E-state index contributed by atoms with van der Waals surface area (Å²) in [5, 5.41) is 4.69. The first kappa shape index (κ1) is 17.7. The van der Waals surface area contributed by atoms with E-state index in [1.165, 1.54) is 17.0 Å². The van der Waals surface area contributed by atoms with E-state index in [0.717, 1.165) is 51.4 Å². The van der Waals surface area contributed by atoms with E-state index in [1.54, 1.807) is 13.3 Å². The normalized spacial score (nSPS) is 15.6. The Kier molecular flexibility index (Phi) is 5.53.